The maximum Gasteiger partial charge on any atom is 0.293 e. The second-order valence-electron chi connectivity index (χ2n) is 5.78. The number of amides is 2. The SMILES string of the molecule is Cc1ccc(NC(=O)CN2CCC(C(N)=O)CC2)c([N+](=O)[O-])c1. The largest absolute Gasteiger partial charge is 0.369 e. The van der Waals surface area contributed by atoms with Crippen molar-refractivity contribution in [1.29, 1.82) is 0 Å². The molecular weight excluding hydrogens is 300 g/mol. The molecule has 0 spiro atoms. The van der Waals surface area contributed by atoms with Crippen LogP contribution in [0, 0.1) is 23.0 Å². The van der Waals surface area contributed by atoms with E-state index >= 15 is 0 Å². The Morgan fingerprint density at radius 1 is 1.39 bits per heavy atom. The number of piperidine rings is 1. The minimum atomic E-state index is -0.513. The Hall–Kier alpha value is -2.48. The Bertz CT molecular complexity index is 624. The van der Waals surface area contributed by atoms with E-state index in [0.717, 1.165) is 5.56 Å². The second kappa shape index (κ2) is 7.19. The van der Waals surface area contributed by atoms with Crippen molar-refractivity contribution in [2.45, 2.75) is 19.8 Å². The molecular formula is C15H20N4O4. The van der Waals surface area contributed by atoms with E-state index in [4.69, 9.17) is 5.73 Å². The number of carbonyl (C=O) groups excluding carboxylic acids is 2. The van der Waals surface area contributed by atoms with Gasteiger partial charge in [-0.1, -0.05) is 6.07 Å². The molecule has 1 aromatic rings. The maximum atomic E-state index is 12.1. The van der Waals surface area contributed by atoms with E-state index < -0.39 is 4.92 Å². The van der Waals surface area contributed by atoms with Crippen LogP contribution in [-0.2, 0) is 9.59 Å². The number of nitrogens with one attached hydrogen (secondary N) is 1. The highest BCUT2D eigenvalue weighted by atomic mass is 16.6. The number of hydrogen-bond donors (Lipinski definition) is 2. The van der Waals surface area contributed by atoms with Gasteiger partial charge in [0.1, 0.15) is 5.69 Å². The molecule has 0 atom stereocenters. The predicted octanol–water partition coefficient (Wildman–Crippen LogP) is 1.04. The van der Waals surface area contributed by atoms with Gasteiger partial charge in [-0.2, -0.15) is 0 Å². The van der Waals surface area contributed by atoms with Gasteiger partial charge < -0.3 is 11.1 Å². The molecule has 0 aromatic heterocycles. The number of anilines is 1. The fraction of sp³-hybridized carbons (Fsp3) is 0.467. The molecule has 0 saturated carbocycles. The monoisotopic (exact) mass is 320 g/mol. The maximum absolute atomic E-state index is 12.1. The molecule has 0 radical (unpaired) electrons. The Morgan fingerprint density at radius 2 is 2.04 bits per heavy atom. The molecule has 3 N–H and O–H groups in total. The van der Waals surface area contributed by atoms with Crippen molar-refractivity contribution >= 4 is 23.2 Å². The molecule has 0 unspecified atom stereocenters. The first-order valence-electron chi connectivity index (χ1n) is 7.43. The van der Waals surface area contributed by atoms with Gasteiger partial charge in [-0.25, -0.2) is 0 Å². The lowest BCUT2D eigenvalue weighted by molar-refractivity contribution is -0.384. The van der Waals surface area contributed by atoms with E-state index in [1.807, 2.05) is 4.90 Å². The molecule has 1 aliphatic rings. The van der Waals surface area contributed by atoms with Gasteiger partial charge in [0.25, 0.3) is 5.69 Å². The Morgan fingerprint density at radius 3 is 2.61 bits per heavy atom. The number of nitro benzene ring substituents is 1. The van der Waals surface area contributed by atoms with Crippen molar-refractivity contribution < 1.29 is 14.5 Å². The van der Waals surface area contributed by atoms with Crippen LogP contribution in [0.2, 0.25) is 0 Å². The van der Waals surface area contributed by atoms with Crippen LogP contribution in [0.5, 0.6) is 0 Å². The number of rotatable bonds is 5. The van der Waals surface area contributed by atoms with Crippen LogP contribution in [0.1, 0.15) is 18.4 Å². The molecule has 8 nitrogen and oxygen atoms in total. The number of nitro groups is 1. The highest BCUT2D eigenvalue weighted by Crippen LogP contribution is 2.25. The predicted molar refractivity (Wildman–Crippen MR) is 84.8 cm³/mol. The summed E-state index contributed by atoms with van der Waals surface area (Å²) in [6.45, 7) is 3.10. The molecule has 23 heavy (non-hydrogen) atoms. The third-order valence-corrected chi connectivity index (χ3v) is 3.98. The average Bonchev–Trinajstić information content (AvgIpc) is 2.49. The van der Waals surface area contributed by atoms with Crippen LogP contribution in [-0.4, -0.2) is 41.3 Å². The van der Waals surface area contributed by atoms with E-state index in [1.165, 1.54) is 12.1 Å². The fourth-order valence-corrected chi connectivity index (χ4v) is 2.67. The summed E-state index contributed by atoms with van der Waals surface area (Å²) < 4.78 is 0. The number of nitrogens with two attached hydrogens (primary N) is 1. The third-order valence-electron chi connectivity index (χ3n) is 3.98. The normalized spacial score (nSPS) is 16.0. The lowest BCUT2D eigenvalue weighted by atomic mass is 9.96. The standard InChI is InChI=1S/C15H20N4O4/c1-10-2-3-12(13(8-10)19(22)23)17-14(20)9-18-6-4-11(5-7-18)15(16)21/h2-3,8,11H,4-7,9H2,1H3,(H2,16,21)(H,17,20). The summed E-state index contributed by atoms with van der Waals surface area (Å²) in [5.41, 5.74) is 6.10. The molecule has 124 valence electrons. The van der Waals surface area contributed by atoms with Gasteiger partial charge in [0, 0.05) is 12.0 Å². The van der Waals surface area contributed by atoms with Crippen LogP contribution in [0.3, 0.4) is 0 Å². The number of nitrogens with zero attached hydrogens (tertiary/aromatic N) is 2. The van der Waals surface area contributed by atoms with Gasteiger partial charge >= 0.3 is 0 Å². The fourth-order valence-electron chi connectivity index (χ4n) is 2.67. The molecule has 8 heteroatoms. The van der Waals surface area contributed by atoms with Gasteiger partial charge in [0.2, 0.25) is 11.8 Å². The molecule has 2 rings (SSSR count). The topological polar surface area (TPSA) is 119 Å². The van der Waals surface area contributed by atoms with Crippen LogP contribution in [0.15, 0.2) is 18.2 Å². The lowest BCUT2D eigenvalue weighted by Crippen LogP contribution is -2.42. The van der Waals surface area contributed by atoms with E-state index in [-0.39, 0.29) is 35.7 Å². The van der Waals surface area contributed by atoms with Crippen LogP contribution >= 0.6 is 0 Å². The van der Waals surface area contributed by atoms with Crippen molar-refractivity contribution in [3.05, 3.63) is 33.9 Å². The summed E-state index contributed by atoms with van der Waals surface area (Å²) in [5.74, 6) is -0.744. The van der Waals surface area contributed by atoms with Crippen LogP contribution < -0.4 is 11.1 Å². The van der Waals surface area contributed by atoms with Crippen molar-refractivity contribution in [3.8, 4) is 0 Å². The quantitative estimate of drug-likeness (QED) is 0.620. The molecule has 1 fully saturated rings. The molecule has 1 aromatic carbocycles. The highest BCUT2D eigenvalue weighted by molar-refractivity contribution is 5.94. The van der Waals surface area contributed by atoms with Gasteiger partial charge in [-0.15, -0.1) is 0 Å². The van der Waals surface area contributed by atoms with Gasteiger partial charge in [0.15, 0.2) is 0 Å². The zero-order valence-corrected chi connectivity index (χ0v) is 12.9. The van der Waals surface area contributed by atoms with Crippen LogP contribution in [0.25, 0.3) is 0 Å². The minimum absolute atomic E-state index is 0.120. The molecule has 1 saturated heterocycles. The molecule has 0 aliphatic carbocycles. The van der Waals surface area contributed by atoms with Gasteiger partial charge in [-0.3, -0.25) is 24.6 Å². The highest BCUT2D eigenvalue weighted by Gasteiger charge is 2.24. The Balaban J connectivity index is 1.93. The molecule has 0 bridgehead atoms. The summed E-state index contributed by atoms with van der Waals surface area (Å²) in [4.78, 5) is 35.6. The number of benzene rings is 1. The van der Waals surface area contributed by atoms with Crippen LogP contribution in [0.4, 0.5) is 11.4 Å². The number of likely N-dealkylation sites (tertiary alicyclic amines) is 1. The van der Waals surface area contributed by atoms with Crippen molar-refractivity contribution in [2.75, 3.05) is 25.0 Å². The minimum Gasteiger partial charge on any atom is -0.369 e. The summed E-state index contributed by atoms with van der Waals surface area (Å²) in [6, 6.07) is 4.67. The molecule has 1 aliphatic heterocycles. The van der Waals surface area contributed by atoms with Gasteiger partial charge in [-0.05, 0) is 44.5 Å². The number of aryl methyl sites for hydroxylation is 1. The Kier molecular flexibility index (Phi) is 5.28. The molecule has 2 amide bonds. The first-order chi connectivity index (χ1) is 10.9. The third kappa shape index (κ3) is 4.49. The van der Waals surface area contributed by atoms with Crippen molar-refractivity contribution in [3.63, 3.8) is 0 Å². The zero-order chi connectivity index (χ0) is 17.0. The first kappa shape index (κ1) is 16.9. The number of hydrogen-bond acceptors (Lipinski definition) is 5. The zero-order valence-electron chi connectivity index (χ0n) is 12.9. The van der Waals surface area contributed by atoms with Crippen molar-refractivity contribution in [2.24, 2.45) is 11.7 Å². The molecule has 1 heterocycles. The summed E-state index contributed by atoms with van der Waals surface area (Å²) in [6.07, 6.45) is 1.26. The first-order valence-corrected chi connectivity index (χ1v) is 7.43. The van der Waals surface area contributed by atoms with Crippen molar-refractivity contribution in [1.82, 2.24) is 4.90 Å². The summed E-state index contributed by atoms with van der Waals surface area (Å²) >= 11 is 0. The van der Waals surface area contributed by atoms with E-state index in [2.05, 4.69) is 5.32 Å². The average molecular weight is 320 g/mol. The Labute approximate surface area is 133 Å². The lowest BCUT2D eigenvalue weighted by Gasteiger charge is -2.29. The second-order valence-corrected chi connectivity index (χ2v) is 5.78. The summed E-state index contributed by atoms with van der Waals surface area (Å²) in [5, 5.41) is 13.6. The smallest absolute Gasteiger partial charge is 0.293 e. The van der Waals surface area contributed by atoms with E-state index in [0.29, 0.717) is 25.9 Å². The van der Waals surface area contributed by atoms with E-state index in [9.17, 15) is 19.7 Å². The van der Waals surface area contributed by atoms with Gasteiger partial charge in [0.05, 0.1) is 11.5 Å². The summed E-state index contributed by atoms with van der Waals surface area (Å²) in [7, 11) is 0. The number of primary amides is 1. The van der Waals surface area contributed by atoms with E-state index in [1.54, 1.807) is 13.0 Å². The number of carbonyl (C=O) groups is 2.